The smallest absolute Gasteiger partial charge is 0.343 e. The van der Waals surface area contributed by atoms with Gasteiger partial charge in [0.15, 0.2) is 0 Å². The van der Waals surface area contributed by atoms with Crippen molar-refractivity contribution < 1.29 is 29.6 Å². The third-order valence-corrected chi connectivity index (χ3v) is 3.67. The molecule has 0 aromatic heterocycles. The molecule has 26 heavy (non-hydrogen) atoms. The van der Waals surface area contributed by atoms with E-state index in [-0.39, 0.29) is 22.6 Å². The number of carboxylic acid groups (broad SMARTS) is 1. The van der Waals surface area contributed by atoms with Gasteiger partial charge in [0.25, 0.3) is 0 Å². The molecule has 130 valence electrons. The lowest BCUT2D eigenvalue weighted by Gasteiger charge is -2.07. The second kappa shape index (κ2) is 6.98. The monoisotopic (exact) mass is 350 g/mol. The lowest BCUT2D eigenvalue weighted by Crippen LogP contribution is -2.08. The molecule has 0 radical (unpaired) electrons. The number of aromatic carboxylic acids is 1. The molecule has 0 saturated heterocycles. The van der Waals surface area contributed by atoms with E-state index in [1.807, 2.05) is 0 Å². The molecule has 3 rings (SSSR count). The Kier molecular flexibility index (Phi) is 4.57. The number of phenols is 2. The van der Waals surface area contributed by atoms with Crippen LogP contribution in [0.4, 0.5) is 0 Å². The van der Waals surface area contributed by atoms with Gasteiger partial charge in [0, 0.05) is 6.07 Å². The zero-order valence-corrected chi connectivity index (χ0v) is 13.4. The Morgan fingerprint density at radius 3 is 1.69 bits per heavy atom. The van der Waals surface area contributed by atoms with E-state index in [1.165, 1.54) is 24.3 Å². The van der Waals surface area contributed by atoms with Crippen LogP contribution in [0.1, 0.15) is 20.7 Å². The zero-order valence-electron chi connectivity index (χ0n) is 13.4. The summed E-state index contributed by atoms with van der Waals surface area (Å²) in [6.07, 6.45) is 0. The van der Waals surface area contributed by atoms with Crippen molar-refractivity contribution >= 4 is 11.9 Å². The van der Waals surface area contributed by atoms with E-state index in [2.05, 4.69) is 0 Å². The maximum Gasteiger partial charge on any atom is 0.343 e. The Morgan fingerprint density at radius 1 is 0.692 bits per heavy atom. The fourth-order valence-electron chi connectivity index (χ4n) is 2.40. The summed E-state index contributed by atoms with van der Waals surface area (Å²) in [5, 5.41) is 27.8. The van der Waals surface area contributed by atoms with Crippen LogP contribution < -0.4 is 4.74 Å². The second-order valence-corrected chi connectivity index (χ2v) is 5.53. The van der Waals surface area contributed by atoms with Gasteiger partial charge in [-0.1, -0.05) is 24.3 Å². The molecule has 3 N–H and O–H groups in total. The van der Waals surface area contributed by atoms with Crippen molar-refractivity contribution in [1.29, 1.82) is 0 Å². The number of aromatic hydroxyl groups is 2. The fraction of sp³-hybridized carbons (Fsp3) is 0. The average Bonchev–Trinajstić information content (AvgIpc) is 2.61. The maximum absolute atomic E-state index is 12.1. The average molecular weight is 350 g/mol. The number of phenolic OH excluding ortho intramolecular Hbond substituents is 2. The summed E-state index contributed by atoms with van der Waals surface area (Å²) in [4.78, 5) is 23.0. The molecular weight excluding hydrogens is 336 g/mol. The molecule has 0 saturated carbocycles. The van der Waals surface area contributed by atoms with Crippen molar-refractivity contribution in [2.45, 2.75) is 0 Å². The summed E-state index contributed by atoms with van der Waals surface area (Å²) >= 11 is 0. The van der Waals surface area contributed by atoms with E-state index in [0.717, 1.165) is 17.2 Å². The Balaban J connectivity index is 1.75. The predicted octanol–water partition coefficient (Wildman–Crippen LogP) is 3.68. The van der Waals surface area contributed by atoms with Gasteiger partial charge in [-0.25, -0.2) is 9.59 Å². The molecule has 0 aliphatic carbocycles. The number of rotatable bonds is 4. The van der Waals surface area contributed by atoms with Crippen LogP contribution in [0.3, 0.4) is 0 Å². The van der Waals surface area contributed by atoms with Gasteiger partial charge in [0.1, 0.15) is 17.2 Å². The topological polar surface area (TPSA) is 104 Å². The highest BCUT2D eigenvalue weighted by Gasteiger charge is 2.11. The lowest BCUT2D eigenvalue weighted by molar-refractivity contribution is 0.0694. The SMILES string of the molecule is O=C(O)c1ccc(-c2ccc(OC(=O)c3cc(O)cc(O)c3)cc2)cc1. The van der Waals surface area contributed by atoms with Gasteiger partial charge in [0.2, 0.25) is 0 Å². The zero-order chi connectivity index (χ0) is 18.7. The summed E-state index contributed by atoms with van der Waals surface area (Å²) in [7, 11) is 0. The first-order valence-electron chi connectivity index (χ1n) is 7.61. The number of esters is 1. The molecule has 3 aromatic carbocycles. The molecule has 0 atom stereocenters. The largest absolute Gasteiger partial charge is 0.508 e. The van der Waals surface area contributed by atoms with E-state index in [0.29, 0.717) is 5.75 Å². The van der Waals surface area contributed by atoms with Crippen LogP contribution in [0.15, 0.2) is 66.7 Å². The summed E-state index contributed by atoms with van der Waals surface area (Å²) in [5.41, 5.74) is 1.88. The molecule has 6 heteroatoms. The Bertz CT molecular complexity index is 938. The summed E-state index contributed by atoms with van der Waals surface area (Å²) in [5.74, 6) is -1.88. The van der Waals surface area contributed by atoms with Crippen molar-refractivity contribution in [3.63, 3.8) is 0 Å². The van der Waals surface area contributed by atoms with Crippen LogP contribution in [0.25, 0.3) is 11.1 Å². The van der Waals surface area contributed by atoms with Gasteiger partial charge in [-0.2, -0.15) is 0 Å². The van der Waals surface area contributed by atoms with Crippen LogP contribution in [0.2, 0.25) is 0 Å². The van der Waals surface area contributed by atoms with E-state index < -0.39 is 11.9 Å². The van der Waals surface area contributed by atoms with Crippen LogP contribution in [-0.2, 0) is 0 Å². The highest BCUT2D eigenvalue weighted by atomic mass is 16.5. The number of ether oxygens (including phenoxy) is 1. The molecule has 0 fully saturated rings. The molecule has 0 aliphatic heterocycles. The minimum atomic E-state index is -0.989. The number of benzene rings is 3. The molecule has 3 aromatic rings. The highest BCUT2D eigenvalue weighted by Crippen LogP contribution is 2.25. The number of carbonyl (C=O) groups excluding carboxylic acids is 1. The number of carbonyl (C=O) groups is 2. The number of carboxylic acids is 1. The van der Waals surface area contributed by atoms with E-state index >= 15 is 0 Å². The molecule has 0 unspecified atom stereocenters. The number of hydrogen-bond donors (Lipinski definition) is 3. The van der Waals surface area contributed by atoms with Crippen LogP contribution >= 0.6 is 0 Å². The van der Waals surface area contributed by atoms with Gasteiger partial charge in [0.05, 0.1) is 11.1 Å². The molecule has 0 aliphatic rings. The minimum absolute atomic E-state index is 0.0239. The molecule has 0 heterocycles. The summed E-state index contributed by atoms with van der Waals surface area (Å²) < 4.78 is 5.21. The Labute approximate surface area is 148 Å². The summed E-state index contributed by atoms with van der Waals surface area (Å²) in [6.45, 7) is 0. The van der Waals surface area contributed by atoms with Gasteiger partial charge in [-0.05, 0) is 47.5 Å². The first-order chi connectivity index (χ1) is 12.4. The molecule has 6 nitrogen and oxygen atoms in total. The van der Waals surface area contributed by atoms with Crippen molar-refractivity contribution in [2.75, 3.05) is 0 Å². The first kappa shape index (κ1) is 17.0. The minimum Gasteiger partial charge on any atom is -0.508 e. The Morgan fingerprint density at radius 2 is 1.19 bits per heavy atom. The highest BCUT2D eigenvalue weighted by molar-refractivity contribution is 5.92. The van der Waals surface area contributed by atoms with Crippen molar-refractivity contribution in [3.8, 4) is 28.4 Å². The third-order valence-electron chi connectivity index (χ3n) is 3.67. The molecule has 0 spiro atoms. The van der Waals surface area contributed by atoms with Crippen LogP contribution in [0.5, 0.6) is 17.2 Å². The predicted molar refractivity (Wildman–Crippen MR) is 93.6 cm³/mol. The quantitative estimate of drug-likeness (QED) is 0.490. The van der Waals surface area contributed by atoms with E-state index in [1.54, 1.807) is 36.4 Å². The lowest BCUT2D eigenvalue weighted by atomic mass is 10.0. The molecule has 0 bridgehead atoms. The first-order valence-corrected chi connectivity index (χ1v) is 7.61. The van der Waals surface area contributed by atoms with Crippen LogP contribution in [0, 0.1) is 0 Å². The molecule has 0 amide bonds. The van der Waals surface area contributed by atoms with Gasteiger partial charge in [-0.15, -0.1) is 0 Å². The van der Waals surface area contributed by atoms with Crippen LogP contribution in [-0.4, -0.2) is 27.3 Å². The maximum atomic E-state index is 12.1. The van der Waals surface area contributed by atoms with Crippen molar-refractivity contribution in [2.24, 2.45) is 0 Å². The van der Waals surface area contributed by atoms with E-state index in [4.69, 9.17) is 9.84 Å². The van der Waals surface area contributed by atoms with Crippen molar-refractivity contribution in [3.05, 3.63) is 77.9 Å². The number of hydrogen-bond acceptors (Lipinski definition) is 5. The van der Waals surface area contributed by atoms with Gasteiger partial charge >= 0.3 is 11.9 Å². The fourth-order valence-corrected chi connectivity index (χ4v) is 2.40. The third kappa shape index (κ3) is 3.81. The normalized spacial score (nSPS) is 10.3. The van der Waals surface area contributed by atoms with Crippen molar-refractivity contribution in [1.82, 2.24) is 0 Å². The van der Waals surface area contributed by atoms with Gasteiger partial charge < -0.3 is 20.1 Å². The summed E-state index contributed by atoms with van der Waals surface area (Å²) in [6, 6.07) is 16.6. The molecular formula is C20H14O6. The van der Waals surface area contributed by atoms with Gasteiger partial charge in [-0.3, -0.25) is 0 Å². The van der Waals surface area contributed by atoms with E-state index in [9.17, 15) is 19.8 Å². The Hall–Kier alpha value is -3.80. The second-order valence-electron chi connectivity index (χ2n) is 5.53. The standard InChI is InChI=1S/C20H14O6/c21-16-9-15(10-17(22)11-16)20(25)26-18-7-5-13(6-8-18)12-1-3-14(4-2-12)19(23)24/h1-11,21-22H,(H,23,24).